The fourth-order valence-corrected chi connectivity index (χ4v) is 3.41. The topological polar surface area (TPSA) is 80.4 Å². The van der Waals surface area contributed by atoms with Crippen molar-refractivity contribution < 1.29 is 14.7 Å². The van der Waals surface area contributed by atoms with Crippen LogP contribution in [0.1, 0.15) is 96.8 Å². The molecule has 24 heavy (non-hydrogen) atoms. The molecule has 0 amide bonds. The second kappa shape index (κ2) is 17.3. The standard InChI is InChI=1S/C19H37NO3S/c1-2-3-4-5-6-7-8-9-10-11-12-13-14-15-18(21)24-16-17(20)19(22)23/h17H,2-16,20H2,1H3,(H,22,23). The van der Waals surface area contributed by atoms with Gasteiger partial charge in [0.25, 0.3) is 0 Å². The monoisotopic (exact) mass is 359 g/mol. The Morgan fingerprint density at radius 1 is 0.833 bits per heavy atom. The molecule has 0 spiro atoms. The first kappa shape index (κ1) is 23.4. The molecule has 0 saturated carbocycles. The summed E-state index contributed by atoms with van der Waals surface area (Å²) in [7, 11) is 0. The fraction of sp³-hybridized carbons (Fsp3) is 0.895. The first-order chi connectivity index (χ1) is 11.6. The van der Waals surface area contributed by atoms with E-state index in [0.717, 1.165) is 24.6 Å². The molecule has 5 heteroatoms. The quantitative estimate of drug-likeness (QED) is 0.351. The molecule has 1 atom stereocenters. The van der Waals surface area contributed by atoms with Gasteiger partial charge in [-0.15, -0.1) is 0 Å². The molecule has 0 aliphatic carbocycles. The van der Waals surface area contributed by atoms with Crippen LogP contribution >= 0.6 is 11.8 Å². The van der Waals surface area contributed by atoms with Crippen LogP contribution < -0.4 is 5.73 Å². The highest BCUT2D eigenvalue weighted by molar-refractivity contribution is 8.13. The van der Waals surface area contributed by atoms with Crippen LogP contribution in [0.4, 0.5) is 0 Å². The summed E-state index contributed by atoms with van der Waals surface area (Å²) < 4.78 is 0. The van der Waals surface area contributed by atoms with Crippen molar-refractivity contribution in [3.05, 3.63) is 0 Å². The number of thioether (sulfide) groups is 1. The predicted molar refractivity (Wildman–Crippen MR) is 103 cm³/mol. The Balaban J connectivity index is 3.22. The Labute approximate surface area is 152 Å². The van der Waals surface area contributed by atoms with E-state index < -0.39 is 12.0 Å². The minimum absolute atomic E-state index is 0.0646. The van der Waals surface area contributed by atoms with Crippen molar-refractivity contribution >= 4 is 22.8 Å². The van der Waals surface area contributed by atoms with E-state index in [1.54, 1.807) is 0 Å². The minimum atomic E-state index is -1.05. The van der Waals surface area contributed by atoms with Crippen molar-refractivity contribution in [1.29, 1.82) is 0 Å². The predicted octanol–water partition coefficient (Wildman–Crippen LogP) is 5.14. The molecule has 0 aromatic heterocycles. The maximum atomic E-state index is 11.6. The lowest BCUT2D eigenvalue weighted by Gasteiger charge is -2.05. The fourth-order valence-electron chi connectivity index (χ4n) is 2.61. The lowest BCUT2D eigenvalue weighted by Crippen LogP contribution is -2.32. The Morgan fingerprint density at radius 2 is 1.25 bits per heavy atom. The summed E-state index contributed by atoms with van der Waals surface area (Å²) in [6.07, 6.45) is 17.3. The summed E-state index contributed by atoms with van der Waals surface area (Å²) in [5.41, 5.74) is 5.37. The molecule has 0 heterocycles. The van der Waals surface area contributed by atoms with Crippen molar-refractivity contribution in [1.82, 2.24) is 0 Å². The van der Waals surface area contributed by atoms with E-state index in [2.05, 4.69) is 6.92 Å². The maximum absolute atomic E-state index is 11.6. The molecular weight excluding hydrogens is 322 g/mol. The molecule has 3 N–H and O–H groups in total. The zero-order valence-electron chi connectivity index (χ0n) is 15.4. The molecule has 0 bridgehead atoms. The van der Waals surface area contributed by atoms with Crippen molar-refractivity contribution in [2.75, 3.05) is 5.75 Å². The van der Waals surface area contributed by atoms with Crippen LogP contribution in [0, 0.1) is 0 Å². The molecule has 0 aliphatic heterocycles. The van der Waals surface area contributed by atoms with Crippen molar-refractivity contribution in [3.8, 4) is 0 Å². The van der Waals surface area contributed by atoms with Crippen molar-refractivity contribution in [2.24, 2.45) is 5.73 Å². The molecule has 4 nitrogen and oxygen atoms in total. The summed E-state index contributed by atoms with van der Waals surface area (Å²) in [5.74, 6) is -0.872. The van der Waals surface area contributed by atoms with E-state index in [4.69, 9.17) is 10.8 Å². The average molecular weight is 360 g/mol. The SMILES string of the molecule is CCCCCCCCCCCCCCCC(=O)SCC(N)C(=O)O. The molecule has 0 fully saturated rings. The highest BCUT2D eigenvalue weighted by atomic mass is 32.2. The van der Waals surface area contributed by atoms with E-state index in [0.29, 0.717) is 6.42 Å². The summed E-state index contributed by atoms with van der Waals surface area (Å²) in [5, 5.41) is 8.71. The number of carboxylic acid groups (broad SMARTS) is 1. The Kier molecular flexibility index (Phi) is 16.9. The number of hydrogen-bond acceptors (Lipinski definition) is 4. The first-order valence-electron chi connectivity index (χ1n) is 9.72. The number of nitrogens with two attached hydrogens (primary N) is 1. The number of unbranched alkanes of at least 4 members (excludes halogenated alkanes) is 12. The van der Waals surface area contributed by atoms with Gasteiger partial charge in [0.05, 0.1) is 0 Å². The van der Waals surface area contributed by atoms with Crippen LogP contribution in [0.3, 0.4) is 0 Å². The normalized spacial score (nSPS) is 12.2. The highest BCUT2D eigenvalue weighted by Crippen LogP contribution is 2.14. The number of hydrogen-bond donors (Lipinski definition) is 2. The van der Waals surface area contributed by atoms with Gasteiger partial charge in [0.1, 0.15) is 6.04 Å². The summed E-state index contributed by atoms with van der Waals surface area (Å²) in [6.45, 7) is 2.25. The van der Waals surface area contributed by atoms with E-state index in [1.807, 2.05) is 0 Å². The highest BCUT2D eigenvalue weighted by Gasteiger charge is 2.13. The molecule has 0 radical (unpaired) electrons. The molecule has 142 valence electrons. The number of rotatable bonds is 17. The minimum Gasteiger partial charge on any atom is -0.480 e. The van der Waals surface area contributed by atoms with Crippen LogP contribution in [0.2, 0.25) is 0 Å². The number of carbonyl (C=O) groups is 2. The summed E-state index contributed by atoms with van der Waals surface area (Å²) >= 11 is 1.05. The Hall–Kier alpha value is -0.550. The Bertz CT molecular complexity index is 324. The van der Waals surface area contributed by atoms with Crippen LogP contribution in [-0.4, -0.2) is 28.0 Å². The van der Waals surface area contributed by atoms with Crippen molar-refractivity contribution in [2.45, 2.75) is 103 Å². The summed E-state index contributed by atoms with van der Waals surface area (Å²) in [4.78, 5) is 22.1. The average Bonchev–Trinajstić information content (AvgIpc) is 2.56. The van der Waals surface area contributed by atoms with Crippen LogP contribution in [-0.2, 0) is 9.59 Å². The van der Waals surface area contributed by atoms with E-state index >= 15 is 0 Å². The number of carboxylic acids is 1. The van der Waals surface area contributed by atoms with Gasteiger partial charge in [-0.1, -0.05) is 95.7 Å². The zero-order valence-corrected chi connectivity index (χ0v) is 16.2. The van der Waals surface area contributed by atoms with Gasteiger partial charge in [0.2, 0.25) is 0 Å². The maximum Gasteiger partial charge on any atom is 0.321 e. The largest absolute Gasteiger partial charge is 0.480 e. The van der Waals surface area contributed by atoms with Gasteiger partial charge < -0.3 is 10.8 Å². The number of aliphatic carboxylic acids is 1. The van der Waals surface area contributed by atoms with Crippen LogP contribution in [0.15, 0.2) is 0 Å². The van der Waals surface area contributed by atoms with Crippen LogP contribution in [0.5, 0.6) is 0 Å². The molecule has 0 saturated heterocycles. The Morgan fingerprint density at radius 3 is 1.67 bits per heavy atom. The third kappa shape index (κ3) is 16.3. The van der Waals surface area contributed by atoms with Gasteiger partial charge in [0, 0.05) is 12.2 Å². The molecule has 0 rings (SSSR count). The lowest BCUT2D eigenvalue weighted by molar-refractivity contribution is -0.137. The van der Waals surface area contributed by atoms with Crippen LogP contribution in [0.25, 0.3) is 0 Å². The lowest BCUT2D eigenvalue weighted by atomic mass is 10.0. The van der Waals surface area contributed by atoms with Gasteiger partial charge >= 0.3 is 5.97 Å². The van der Waals surface area contributed by atoms with Gasteiger partial charge in [-0.2, -0.15) is 0 Å². The zero-order chi connectivity index (χ0) is 18.0. The number of carbonyl (C=O) groups excluding carboxylic acids is 1. The second-order valence-electron chi connectivity index (χ2n) is 6.62. The first-order valence-corrected chi connectivity index (χ1v) is 10.7. The van der Waals surface area contributed by atoms with Crippen molar-refractivity contribution in [3.63, 3.8) is 0 Å². The van der Waals surface area contributed by atoms with Gasteiger partial charge in [-0.05, 0) is 6.42 Å². The third-order valence-corrected chi connectivity index (χ3v) is 5.28. The van der Waals surface area contributed by atoms with E-state index in [-0.39, 0.29) is 10.9 Å². The molecule has 0 aliphatic rings. The molecule has 0 aromatic rings. The van der Waals surface area contributed by atoms with E-state index in [9.17, 15) is 9.59 Å². The summed E-state index contributed by atoms with van der Waals surface area (Å²) in [6, 6.07) is -0.939. The third-order valence-electron chi connectivity index (χ3n) is 4.23. The van der Waals surface area contributed by atoms with Gasteiger partial charge in [-0.25, -0.2) is 0 Å². The van der Waals surface area contributed by atoms with Gasteiger partial charge in [0.15, 0.2) is 5.12 Å². The molecular formula is C19H37NO3S. The molecule has 1 unspecified atom stereocenters. The second-order valence-corrected chi connectivity index (χ2v) is 7.70. The molecule has 0 aromatic carbocycles. The van der Waals surface area contributed by atoms with Gasteiger partial charge in [-0.3, -0.25) is 9.59 Å². The smallest absolute Gasteiger partial charge is 0.321 e. The van der Waals surface area contributed by atoms with E-state index in [1.165, 1.54) is 70.6 Å².